The molecule has 4 aromatic carbocycles. The number of fused-ring (bicyclic) bond motifs is 4. The zero-order valence-electron chi connectivity index (χ0n) is 10.7. The second kappa shape index (κ2) is 5.01. The Morgan fingerprint density at radius 3 is 2.05 bits per heavy atom. The molecule has 0 fully saturated rings. The lowest BCUT2D eigenvalue weighted by Crippen LogP contribution is -3.00. The van der Waals surface area contributed by atoms with Gasteiger partial charge in [-0.15, -0.1) is 0 Å². The van der Waals surface area contributed by atoms with Crippen molar-refractivity contribution in [3.63, 3.8) is 0 Å². The van der Waals surface area contributed by atoms with Crippen LogP contribution < -0.4 is 12.4 Å². The fraction of sp³-hybridized carbons (Fsp3) is 0. The molecular weight excluding hydrogens is 284 g/mol. The highest BCUT2D eigenvalue weighted by Gasteiger charge is 2.07. The van der Waals surface area contributed by atoms with Crippen molar-refractivity contribution in [3.8, 4) is 0 Å². The molecule has 0 saturated heterocycles. The molecule has 0 aromatic heterocycles. The maximum Gasteiger partial charge on any atom is 0.158 e. The largest absolute Gasteiger partial charge is 1.00 e. The van der Waals surface area contributed by atoms with Crippen LogP contribution in [0, 0.1) is 0 Å². The molecule has 0 aliphatic heterocycles. The van der Waals surface area contributed by atoms with Gasteiger partial charge in [-0.1, -0.05) is 48.5 Å². The van der Waals surface area contributed by atoms with Crippen molar-refractivity contribution in [2.45, 2.75) is 4.90 Å². The van der Waals surface area contributed by atoms with E-state index in [9.17, 15) is 0 Å². The highest BCUT2D eigenvalue weighted by Crippen LogP contribution is 2.31. The Kier molecular flexibility index (Phi) is 3.33. The molecule has 0 heterocycles. The average Bonchev–Trinajstić information content (AvgIpc) is 2.45. The van der Waals surface area contributed by atoms with Gasteiger partial charge in [-0.05, 0) is 57.8 Å². The zero-order chi connectivity index (χ0) is 12.8. The summed E-state index contributed by atoms with van der Waals surface area (Å²) in [5.41, 5.74) is 0. The smallest absolute Gasteiger partial charge is 0.158 e. The SMILES string of the molecule is [Cl-].[SH2+]c1cccc2ccc3cc4ccccc4cc3c12. The van der Waals surface area contributed by atoms with Crippen molar-refractivity contribution in [1.29, 1.82) is 0 Å². The van der Waals surface area contributed by atoms with E-state index >= 15 is 0 Å². The lowest BCUT2D eigenvalue weighted by molar-refractivity contribution is -0.00000344. The van der Waals surface area contributed by atoms with Crippen LogP contribution in [0.2, 0.25) is 0 Å². The van der Waals surface area contributed by atoms with Gasteiger partial charge in [-0.25, -0.2) is 0 Å². The molecule has 20 heavy (non-hydrogen) atoms. The molecule has 0 aliphatic rings. The molecule has 2 heteroatoms. The van der Waals surface area contributed by atoms with E-state index in [1.54, 1.807) is 0 Å². The zero-order valence-corrected chi connectivity index (χ0v) is 12.5. The molecule has 0 atom stereocenters. The third kappa shape index (κ3) is 1.94. The van der Waals surface area contributed by atoms with Crippen molar-refractivity contribution in [2.24, 2.45) is 0 Å². The van der Waals surface area contributed by atoms with Crippen LogP contribution in [-0.4, -0.2) is 0 Å². The predicted molar refractivity (Wildman–Crippen MR) is 87.4 cm³/mol. The van der Waals surface area contributed by atoms with E-state index in [2.05, 4.69) is 79.4 Å². The van der Waals surface area contributed by atoms with Crippen LogP contribution in [0.1, 0.15) is 0 Å². The van der Waals surface area contributed by atoms with Gasteiger partial charge in [0.2, 0.25) is 0 Å². The molecule has 0 N–H and O–H groups in total. The maximum absolute atomic E-state index is 3.74. The van der Waals surface area contributed by atoms with Crippen LogP contribution in [0.3, 0.4) is 0 Å². The number of hydrogen-bond donors (Lipinski definition) is 0. The van der Waals surface area contributed by atoms with E-state index in [-0.39, 0.29) is 12.4 Å². The van der Waals surface area contributed by atoms with Gasteiger partial charge in [-0.3, -0.25) is 0 Å². The molecular formula is C18H13ClS. The molecule has 0 unspecified atom stereocenters. The summed E-state index contributed by atoms with van der Waals surface area (Å²) in [6.45, 7) is 0. The monoisotopic (exact) mass is 296 g/mol. The van der Waals surface area contributed by atoms with Gasteiger partial charge in [0.25, 0.3) is 0 Å². The van der Waals surface area contributed by atoms with Crippen molar-refractivity contribution in [2.75, 3.05) is 0 Å². The quantitative estimate of drug-likeness (QED) is 0.262. The molecule has 0 nitrogen and oxygen atoms in total. The summed E-state index contributed by atoms with van der Waals surface area (Å²) in [5, 5.41) is 7.75. The van der Waals surface area contributed by atoms with Gasteiger partial charge in [0.05, 0.1) is 0 Å². The number of hydrogen-bond acceptors (Lipinski definition) is 0. The Balaban J connectivity index is 0.00000121. The second-order valence-corrected chi connectivity index (χ2v) is 5.43. The third-order valence-electron chi connectivity index (χ3n) is 3.73. The molecule has 0 amide bonds. The number of rotatable bonds is 0. The third-order valence-corrected chi connectivity index (χ3v) is 4.14. The Labute approximate surface area is 129 Å². The molecule has 98 valence electrons. The summed E-state index contributed by atoms with van der Waals surface area (Å²) >= 11 is 3.74. The van der Waals surface area contributed by atoms with Crippen LogP contribution in [0.5, 0.6) is 0 Å². The number of halogens is 1. The minimum absolute atomic E-state index is 0. The molecule has 4 rings (SSSR count). The van der Waals surface area contributed by atoms with Gasteiger partial charge in [0.15, 0.2) is 4.90 Å². The highest BCUT2D eigenvalue weighted by atomic mass is 35.5. The summed E-state index contributed by atoms with van der Waals surface area (Å²) in [6.07, 6.45) is 0. The first-order valence-corrected chi connectivity index (χ1v) is 6.89. The van der Waals surface area contributed by atoms with Crippen molar-refractivity contribution < 1.29 is 12.4 Å². The fourth-order valence-corrected chi connectivity index (χ4v) is 3.18. The molecule has 0 spiro atoms. The Bertz CT molecular complexity index is 928. The topological polar surface area (TPSA) is 0 Å². The lowest BCUT2D eigenvalue weighted by atomic mass is 9.98. The summed E-state index contributed by atoms with van der Waals surface area (Å²) in [4.78, 5) is 1.15. The first kappa shape index (κ1) is 13.3. The lowest BCUT2D eigenvalue weighted by Gasteiger charge is -2.06. The first-order valence-electron chi connectivity index (χ1n) is 6.39. The van der Waals surface area contributed by atoms with Gasteiger partial charge < -0.3 is 12.4 Å². The van der Waals surface area contributed by atoms with E-state index in [1.165, 1.54) is 32.3 Å². The maximum atomic E-state index is 3.74. The van der Waals surface area contributed by atoms with Crippen molar-refractivity contribution >= 4 is 44.9 Å². The van der Waals surface area contributed by atoms with Gasteiger partial charge in [0.1, 0.15) is 0 Å². The van der Waals surface area contributed by atoms with E-state index in [0.717, 1.165) is 4.90 Å². The standard InChI is InChI=1S/C18H12S.ClH/c19-17-7-3-6-12-8-9-15-10-13-4-1-2-5-14(13)11-16(15)18(12)17;/h1-11,19H;1H. The van der Waals surface area contributed by atoms with E-state index in [4.69, 9.17) is 0 Å². The van der Waals surface area contributed by atoms with Crippen LogP contribution in [0.15, 0.2) is 71.6 Å². The van der Waals surface area contributed by atoms with Gasteiger partial charge in [-0.2, -0.15) is 0 Å². The van der Waals surface area contributed by atoms with Crippen LogP contribution >= 0.6 is 0 Å². The van der Waals surface area contributed by atoms with Gasteiger partial charge in [0, 0.05) is 5.39 Å². The summed E-state index contributed by atoms with van der Waals surface area (Å²) in [5.74, 6) is 0. The van der Waals surface area contributed by atoms with Crippen LogP contribution in [-0.2, 0) is 12.6 Å². The summed E-state index contributed by atoms with van der Waals surface area (Å²) in [7, 11) is 0. The molecule has 0 bridgehead atoms. The average molecular weight is 297 g/mol. The normalized spacial score (nSPS) is 10.8. The van der Waals surface area contributed by atoms with Crippen molar-refractivity contribution in [1.82, 2.24) is 0 Å². The first-order chi connectivity index (χ1) is 9.33. The minimum Gasteiger partial charge on any atom is -1.00 e. The molecule has 4 aromatic rings. The predicted octanol–water partition coefficient (Wildman–Crippen LogP) is 1.52. The Morgan fingerprint density at radius 2 is 1.25 bits per heavy atom. The summed E-state index contributed by atoms with van der Waals surface area (Å²) in [6, 6.07) is 23.8. The van der Waals surface area contributed by atoms with Crippen molar-refractivity contribution in [3.05, 3.63) is 66.7 Å². The van der Waals surface area contributed by atoms with E-state index in [0.29, 0.717) is 0 Å². The van der Waals surface area contributed by atoms with E-state index < -0.39 is 0 Å². The minimum atomic E-state index is 0. The summed E-state index contributed by atoms with van der Waals surface area (Å²) < 4.78 is 0. The second-order valence-electron chi connectivity index (χ2n) is 4.89. The Hall–Kier alpha value is -1.70. The number of benzene rings is 4. The van der Waals surface area contributed by atoms with Gasteiger partial charge >= 0.3 is 0 Å². The van der Waals surface area contributed by atoms with Crippen LogP contribution in [0.4, 0.5) is 0 Å². The molecule has 0 radical (unpaired) electrons. The highest BCUT2D eigenvalue weighted by molar-refractivity contribution is 7.59. The van der Waals surface area contributed by atoms with Crippen LogP contribution in [0.25, 0.3) is 32.3 Å². The molecule has 0 aliphatic carbocycles. The Morgan fingerprint density at radius 1 is 0.600 bits per heavy atom. The van der Waals surface area contributed by atoms with E-state index in [1.807, 2.05) is 0 Å². The molecule has 0 saturated carbocycles. The fourth-order valence-electron chi connectivity index (χ4n) is 2.80.